The lowest BCUT2D eigenvalue weighted by atomic mass is 10.1. The number of benzene rings is 2. The first kappa shape index (κ1) is 21.5. The largest absolute Gasteiger partial charge is 0.346 e. The van der Waals surface area contributed by atoms with Gasteiger partial charge in [0.15, 0.2) is 0 Å². The van der Waals surface area contributed by atoms with Crippen molar-refractivity contribution in [2.75, 3.05) is 18.4 Å². The molecule has 5 N–H and O–H groups in total. The van der Waals surface area contributed by atoms with Gasteiger partial charge in [-0.05, 0) is 48.9 Å². The molecule has 0 bridgehead atoms. The van der Waals surface area contributed by atoms with Gasteiger partial charge in [0, 0.05) is 11.7 Å². The van der Waals surface area contributed by atoms with Crippen LogP contribution in [-0.4, -0.2) is 33.3 Å². The standard InChI is InChI=1S/C18H21FN4O4S/c1-12(13-2-8-16(9-3-13)28(20,26)27)21-10-17(24)22-11-18(25)23-15-6-4-14(19)5-7-15/h2-9,12,21H,10-11H2,1H3,(H,22,24)(H,23,25)(H2,20,26,27)/t12-/m0/s1. The van der Waals surface area contributed by atoms with Crippen LogP contribution in [0.3, 0.4) is 0 Å². The van der Waals surface area contributed by atoms with Crippen LogP contribution < -0.4 is 21.1 Å². The van der Waals surface area contributed by atoms with E-state index in [9.17, 15) is 22.4 Å². The number of nitrogens with one attached hydrogen (secondary N) is 3. The van der Waals surface area contributed by atoms with E-state index in [2.05, 4.69) is 16.0 Å². The molecule has 0 aliphatic rings. The number of rotatable bonds is 8. The number of halogens is 1. The first-order valence-corrected chi connectivity index (χ1v) is 9.88. The van der Waals surface area contributed by atoms with E-state index in [0.29, 0.717) is 5.69 Å². The zero-order valence-electron chi connectivity index (χ0n) is 15.1. The highest BCUT2D eigenvalue weighted by Gasteiger charge is 2.11. The molecule has 0 aliphatic carbocycles. The van der Waals surface area contributed by atoms with Gasteiger partial charge in [-0.1, -0.05) is 12.1 Å². The molecule has 0 heterocycles. The number of amides is 2. The fourth-order valence-electron chi connectivity index (χ4n) is 2.29. The summed E-state index contributed by atoms with van der Waals surface area (Å²) >= 11 is 0. The monoisotopic (exact) mass is 408 g/mol. The average molecular weight is 408 g/mol. The van der Waals surface area contributed by atoms with Crippen molar-refractivity contribution in [2.45, 2.75) is 17.9 Å². The number of hydrogen-bond acceptors (Lipinski definition) is 5. The van der Waals surface area contributed by atoms with Crippen molar-refractivity contribution in [1.29, 1.82) is 0 Å². The van der Waals surface area contributed by atoms with Crippen molar-refractivity contribution in [2.24, 2.45) is 5.14 Å². The zero-order chi connectivity index (χ0) is 20.7. The smallest absolute Gasteiger partial charge is 0.243 e. The highest BCUT2D eigenvalue weighted by atomic mass is 32.2. The molecule has 1 atom stereocenters. The van der Waals surface area contributed by atoms with Crippen molar-refractivity contribution in [3.8, 4) is 0 Å². The van der Waals surface area contributed by atoms with Gasteiger partial charge in [0.2, 0.25) is 21.8 Å². The molecule has 8 nitrogen and oxygen atoms in total. The van der Waals surface area contributed by atoms with Gasteiger partial charge in [-0.25, -0.2) is 17.9 Å². The molecule has 0 spiro atoms. The minimum absolute atomic E-state index is 0.00774. The number of hydrogen-bond donors (Lipinski definition) is 4. The quantitative estimate of drug-likeness (QED) is 0.515. The molecule has 0 saturated heterocycles. The lowest BCUT2D eigenvalue weighted by Crippen LogP contribution is -2.39. The molecule has 0 aromatic heterocycles. The van der Waals surface area contributed by atoms with E-state index in [-0.39, 0.29) is 29.9 Å². The second-order valence-corrected chi connectivity index (χ2v) is 7.61. The van der Waals surface area contributed by atoms with Gasteiger partial charge in [0.25, 0.3) is 0 Å². The predicted octanol–water partition coefficient (Wildman–Crippen LogP) is 0.879. The van der Waals surface area contributed by atoms with Crippen LogP contribution in [0.1, 0.15) is 18.5 Å². The molecule has 2 aromatic carbocycles. The van der Waals surface area contributed by atoms with Gasteiger partial charge in [0.1, 0.15) is 5.82 Å². The Morgan fingerprint density at radius 3 is 2.18 bits per heavy atom. The number of anilines is 1. The van der Waals surface area contributed by atoms with E-state index in [1.54, 1.807) is 19.1 Å². The Morgan fingerprint density at radius 1 is 1.00 bits per heavy atom. The first-order chi connectivity index (χ1) is 13.1. The molecule has 0 saturated carbocycles. The highest BCUT2D eigenvalue weighted by Crippen LogP contribution is 2.15. The SMILES string of the molecule is C[C@H](NCC(=O)NCC(=O)Nc1ccc(F)cc1)c1ccc(S(N)(=O)=O)cc1. The van der Waals surface area contributed by atoms with Crippen LogP contribution in [0.4, 0.5) is 10.1 Å². The van der Waals surface area contributed by atoms with Crippen LogP contribution in [0.15, 0.2) is 53.4 Å². The van der Waals surface area contributed by atoms with Crippen LogP contribution in [-0.2, 0) is 19.6 Å². The van der Waals surface area contributed by atoms with Crippen LogP contribution in [0, 0.1) is 5.82 Å². The van der Waals surface area contributed by atoms with Crippen LogP contribution in [0.25, 0.3) is 0 Å². The number of carbonyl (C=O) groups excluding carboxylic acids is 2. The third-order valence-electron chi connectivity index (χ3n) is 3.85. The summed E-state index contributed by atoms with van der Waals surface area (Å²) in [4.78, 5) is 23.6. The number of nitrogens with two attached hydrogens (primary N) is 1. The summed E-state index contributed by atoms with van der Waals surface area (Å²) in [6, 6.07) is 11.0. The van der Waals surface area contributed by atoms with E-state index in [4.69, 9.17) is 5.14 Å². The highest BCUT2D eigenvalue weighted by molar-refractivity contribution is 7.89. The van der Waals surface area contributed by atoms with E-state index < -0.39 is 21.7 Å². The molecule has 0 radical (unpaired) electrons. The van der Waals surface area contributed by atoms with E-state index in [1.807, 2.05) is 0 Å². The molecule has 0 unspecified atom stereocenters. The lowest BCUT2D eigenvalue weighted by molar-refractivity contribution is -0.123. The minimum atomic E-state index is -3.75. The Hall–Kier alpha value is -2.82. The zero-order valence-corrected chi connectivity index (χ0v) is 15.9. The molecule has 10 heteroatoms. The second kappa shape index (κ2) is 9.40. The fourth-order valence-corrected chi connectivity index (χ4v) is 2.81. The van der Waals surface area contributed by atoms with Gasteiger partial charge in [-0.2, -0.15) is 0 Å². The summed E-state index contributed by atoms with van der Waals surface area (Å²) in [5.41, 5.74) is 1.20. The normalized spacial score (nSPS) is 12.2. The van der Waals surface area contributed by atoms with Gasteiger partial charge in [0.05, 0.1) is 18.0 Å². The molecule has 28 heavy (non-hydrogen) atoms. The third-order valence-corrected chi connectivity index (χ3v) is 4.78. The summed E-state index contributed by atoms with van der Waals surface area (Å²) < 4.78 is 35.3. The van der Waals surface area contributed by atoms with Crippen molar-refractivity contribution in [3.05, 3.63) is 59.9 Å². The molecule has 0 fully saturated rings. The van der Waals surface area contributed by atoms with Crippen LogP contribution >= 0.6 is 0 Å². The molecule has 150 valence electrons. The Bertz CT molecular complexity index is 931. The lowest BCUT2D eigenvalue weighted by Gasteiger charge is -2.14. The maximum absolute atomic E-state index is 12.8. The summed E-state index contributed by atoms with van der Waals surface area (Å²) in [6.45, 7) is 1.54. The van der Waals surface area contributed by atoms with Crippen LogP contribution in [0.2, 0.25) is 0 Å². The maximum atomic E-state index is 12.8. The Labute approximate surface area is 162 Å². The van der Waals surface area contributed by atoms with Crippen LogP contribution in [0.5, 0.6) is 0 Å². The van der Waals surface area contributed by atoms with Gasteiger partial charge < -0.3 is 16.0 Å². The molecular weight excluding hydrogens is 387 g/mol. The molecule has 0 aliphatic heterocycles. The molecular formula is C18H21FN4O4S. The summed E-state index contributed by atoms with van der Waals surface area (Å²) in [6.07, 6.45) is 0. The van der Waals surface area contributed by atoms with Gasteiger partial charge in [-0.15, -0.1) is 0 Å². The van der Waals surface area contributed by atoms with Crippen molar-refractivity contribution in [3.63, 3.8) is 0 Å². The van der Waals surface area contributed by atoms with Crippen molar-refractivity contribution < 1.29 is 22.4 Å². The van der Waals surface area contributed by atoms with Gasteiger partial charge >= 0.3 is 0 Å². The average Bonchev–Trinajstić information content (AvgIpc) is 2.65. The van der Waals surface area contributed by atoms with E-state index in [1.165, 1.54) is 36.4 Å². The predicted molar refractivity (Wildman–Crippen MR) is 102 cm³/mol. The van der Waals surface area contributed by atoms with Gasteiger partial charge in [-0.3, -0.25) is 9.59 Å². The minimum Gasteiger partial charge on any atom is -0.346 e. The summed E-state index contributed by atoms with van der Waals surface area (Å²) in [5.74, 6) is -1.24. The third kappa shape index (κ3) is 6.72. The van der Waals surface area contributed by atoms with Crippen molar-refractivity contribution in [1.82, 2.24) is 10.6 Å². The number of primary sulfonamides is 1. The fraction of sp³-hybridized carbons (Fsp3) is 0.222. The molecule has 2 aromatic rings. The molecule has 2 rings (SSSR count). The number of carbonyl (C=O) groups is 2. The van der Waals surface area contributed by atoms with E-state index in [0.717, 1.165) is 5.56 Å². The Kier molecular flexibility index (Phi) is 7.21. The second-order valence-electron chi connectivity index (χ2n) is 6.05. The summed E-state index contributed by atoms with van der Waals surface area (Å²) in [7, 11) is -3.75. The van der Waals surface area contributed by atoms with E-state index >= 15 is 0 Å². The van der Waals surface area contributed by atoms with Crippen molar-refractivity contribution >= 4 is 27.5 Å². The first-order valence-electron chi connectivity index (χ1n) is 8.33. The topological polar surface area (TPSA) is 130 Å². The molecule has 2 amide bonds. The maximum Gasteiger partial charge on any atom is 0.243 e. The summed E-state index contributed by atoms with van der Waals surface area (Å²) in [5, 5.41) is 13.0. The Morgan fingerprint density at radius 2 is 1.61 bits per heavy atom. The Balaban J connectivity index is 1.75. The number of sulfonamides is 1.